The highest BCUT2D eigenvalue weighted by Gasteiger charge is 2.19. The number of hydrogen-bond donors (Lipinski definition) is 1. The van der Waals surface area contributed by atoms with E-state index in [9.17, 15) is 13.2 Å². The van der Waals surface area contributed by atoms with Crippen LogP contribution in [0.2, 0.25) is 5.02 Å². The van der Waals surface area contributed by atoms with E-state index in [1.165, 1.54) is 11.4 Å². The lowest BCUT2D eigenvalue weighted by Gasteiger charge is -2.21. The van der Waals surface area contributed by atoms with Crippen LogP contribution in [0, 0.1) is 5.92 Å². The predicted molar refractivity (Wildman–Crippen MR) is 92.5 cm³/mol. The summed E-state index contributed by atoms with van der Waals surface area (Å²) < 4.78 is 29.8. The molecule has 23 heavy (non-hydrogen) atoms. The van der Waals surface area contributed by atoms with Crippen molar-refractivity contribution in [3.63, 3.8) is 0 Å². The van der Waals surface area contributed by atoms with Crippen molar-refractivity contribution in [1.82, 2.24) is 4.31 Å². The summed E-state index contributed by atoms with van der Waals surface area (Å²) in [6.45, 7) is 4.39. The molecule has 8 heteroatoms. The molecule has 1 N–H and O–H groups in total. The predicted octanol–water partition coefficient (Wildman–Crippen LogP) is 2.59. The number of anilines is 1. The van der Waals surface area contributed by atoms with E-state index < -0.39 is 10.0 Å². The lowest BCUT2D eigenvalue weighted by atomic mass is 10.2. The highest BCUT2D eigenvalue weighted by atomic mass is 35.5. The molecule has 1 rings (SSSR count). The number of nitrogens with zero attached hydrogens (tertiary/aromatic N) is 1. The molecule has 0 spiro atoms. The van der Waals surface area contributed by atoms with Crippen LogP contribution in [0.25, 0.3) is 0 Å². The van der Waals surface area contributed by atoms with E-state index in [0.29, 0.717) is 23.0 Å². The SMILES string of the molecule is COc1ccc(NC(=O)CCN(CC(C)C)S(C)(=O)=O)cc1Cl. The van der Waals surface area contributed by atoms with E-state index in [-0.39, 0.29) is 24.8 Å². The minimum Gasteiger partial charge on any atom is -0.495 e. The Morgan fingerprint density at radius 3 is 2.52 bits per heavy atom. The quantitative estimate of drug-likeness (QED) is 0.771. The Hall–Kier alpha value is -1.31. The summed E-state index contributed by atoms with van der Waals surface area (Å²) in [5, 5.41) is 3.09. The van der Waals surface area contributed by atoms with Crippen LogP contribution in [0.5, 0.6) is 5.75 Å². The van der Waals surface area contributed by atoms with E-state index in [1.54, 1.807) is 18.2 Å². The van der Waals surface area contributed by atoms with E-state index in [2.05, 4.69) is 5.32 Å². The number of ether oxygens (including phenoxy) is 1. The smallest absolute Gasteiger partial charge is 0.225 e. The monoisotopic (exact) mass is 362 g/mol. The molecule has 0 aliphatic carbocycles. The maximum atomic E-state index is 12.0. The van der Waals surface area contributed by atoms with Crippen LogP contribution >= 0.6 is 11.6 Å². The topological polar surface area (TPSA) is 75.7 Å². The van der Waals surface area contributed by atoms with Crippen LogP contribution in [0.1, 0.15) is 20.3 Å². The molecule has 0 saturated heterocycles. The van der Waals surface area contributed by atoms with Crippen LogP contribution in [-0.2, 0) is 14.8 Å². The van der Waals surface area contributed by atoms with Gasteiger partial charge < -0.3 is 10.1 Å². The van der Waals surface area contributed by atoms with Gasteiger partial charge >= 0.3 is 0 Å². The molecule has 0 saturated carbocycles. The number of carbonyl (C=O) groups excluding carboxylic acids is 1. The first-order valence-electron chi connectivity index (χ1n) is 7.22. The molecule has 0 unspecified atom stereocenters. The molecule has 1 aromatic rings. The van der Waals surface area contributed by atoms with Crippen molar-refractivity contribution in [2.75, 3.05) is 31.8 Å². The van der Waals surface area contributed by atoms with Crippen molar-refractivity contribution in [2.45, 2.75) is 20.3 Å². The Balaban J connectivity index is 2.63. The first-order chi connectivity index (χ1) is 10.6. The van der Waals surface area contributed by atoms with Crippen LogP contribution < -0.4 is 10.1 Å². The number of halogens is 1. The normalized spacial score (nSPS) is 11.8. The van der Waals surface area contributed by atoms with Crippen molar-refractivity contribution >= 4 is 33.2 Å². The minimum atomic E-state index is -3.33. The molecular formula is C15H23ClN2O4S. The average molecular weight is 363 g/mol. The molecule has 0 radical (unpaired) electrons. The third kappa shape index (κ3) is 6.76. The van der Waals surface area contributed by atoms with E-state index in [0.717, 1.165) is 6.26 Å². The lowest BCUT2D eigenvalue weighted by molar-refractivity contribution is -0.116. The summed E-state index contributed by atoms with van der Waals surface area (Å²) in [7, 11) is -1.82. The largest absolute Gasteiger partial charge is 0.495 e. The Bertz CT molecular complexity index is 647. The second-order valence-corrected chi connectivity index (χ2v) is 8.05. The molecule has 0 heterocycles. The fourth-order valence-corrected chi connectivity index (χ4v) is 3.24. The Morgan fingerprint density at radius 1 is 1.39 bits per heavy atom. The van der Waals surface area contributed by atoms with Gasteiger partial charge in [0.2, 0.25) is 15.9 Å². The van der Waals surface area contributed by atoms with Gasteiger partial charge in [-0.15, -0.1) is 0 Å². The molecule has 1 amide bonds. The third-order valence-electron chi connectivity index (χ3n) is 3.06. The number of hydrogen-bond acceptors (Lipinski definition) is 4. The first-order valence-corrected chi connectivity index (χ1v) is 9.44. The van der Waals surface area contributed by atoms with E-state index in [4.69, 9.17) is 16.3 Å². The number of methoxy groups -OCH3 is 1. The van der Waals surface area contributed by atoms with Gasteiger partial charge in [0.25, 0.3) is 0 Å². The molecule has 1 aromatic carbocycles. The summed E-state index contributed by atoms with van der Waals surface area (Å²) in [5.41, 5.74) is 0.538. The fraction of sp³-hybridized carbons (Fsp3) is 0.533. The molecule has 0 bridgehead atoms. The van der Waals surface area contributed by atoms with Gasteiger partial charge in [-0.1, -0.05) is 25.4 Å². The van der Waals surface area contributed by atoms with Crippen molar-refractivity contribution < 1.29 is 17.9 Å². The van der Waals surface area contributed by atoms with E-state index in [1.807, 2.05) is 13.8 Å². The molecular weight excluding hydrogens is 340 g/mol. The van der Waals surface area contributed by atoms with Gasteiger partial charge in [0.05, 0.1) is 18.4 Å². The lowest BCUT2D eigenvalue weighted by Crippen LogP contribution is -2.35. The summed E-state index contributed by atoms with van der Waals surface area (Å²) in [4.78, 5) is 12.0. The molecule has 0 aliphatic rings. The molecule has 130 valence electrons. The molecule has 0 aromatic heterocycles. The van der Waals surface area contributed by atoms with Gasteiger partial charge in [-0.3, -0.25) is 4.79 Å². The number of nitrogens with one attached hydrogen (secondary N) is 1. The van der Waals surface area contributed by atoms with Crippen molar-refractivity contribution in [3.05, 3.63) is 23.2 Å². The molecule has 6 nitrogen and oxygen atoms in total. The van der Waals surface area contributed by atoms with Crippen LogP contribution in [0.4, 0.5) is 5.69 Å². The average Bonchev–Trinajstić information content (AvgIpc) is 2.42. The number of rotatable bonds is 8. The van der Waals surface area contributed by atoms with Crippen molar-refractivity contribution in [1.29, 1.82) is 0 Å². The Kier molecular flexibility index (Phi) is 7.31. The summed E-state index contributed by atoms with van der Waals surface area (Å²) in [6, 6.07) is 4.91. The Morgan fingerprint density at radius 2 is 2.04 bits per heavy atom. The summed E-state index contributed by atoms with van der Waals surface area (Å²) >= 11 is 5.99. The maximum Gasteiger partial charge on any atom is 0.225 e. The van der Waals surface area contributed by atoms with Crippen molar-refractivity contribution in [2.24, 2.45) is 5.92 Å². The standard InChI is InChI=1S/C15H23ClN2O4S/c1-11(2)10-18(23(4,20)21)8-7-15(19)17-12-5-6-14(22-3)13(16)9-12/h5-6,9,11H,7-8,10H2,1-4H3,(H,17,19). The van der Waals surface area contributed by atoms with Gasteiger partial charge in [0.1, 0.15) is 5.75 Å². The zero-order valence-corrected chi connectivity index (χ0v) is 15.4. The summed E-state index contributed by atoms with van der Waals surface area (Å²) in [5.74, 6) is 0.432. The van der Waals surface area contributed by atoms with Gasteiger partial charge in [0.15, 0.2) is 0 Å². The van der Waals surface area contributed by atoms with E-state index >= 15 is 0 Å². The zero-order valence-electron chi connectivity index (χ0n) is 13.8. The van der Waals surface area contributed by atoms with Gasteiger partial charge in [-0.05, 0) is 24.1 Å². The Labute approximate surface area is 142 Å². The van der Waals surface area contributed by atoms with Crippen LogP contribution in [0.3, 0.4) is 0 Å². The second-order valence-electron chi connectivity index (χ2n) is 5.66. The van der Waals surface area contributed by atoms with Gasteiger partial charge in [-0.25, -0.2) is 12.7 Å². The number of benzene rings is 1. The van der Waals surface area contributed by atoms with Crippen LogP contribution in [0.15, 0.2) is 18.2 Å². The molecule has 0 fully saturated rings. The first kappa shape index (κ1) is 19.7. The van der Waals surface area contributed by atoms with Crippen LogP contribution in [-0.4, -0.2) is 45.1 Å². The minimum absolute atomic E-state index is 0.0729. The highest BCUT2D eigenvalue weighted by molar-refractivity contribution is 7.88. The molecule has 0 atom stereocenters. The third-order valence-corrected chi connectivity index (χ3v) is 4.63. The maximum absolute atomic E-state index is 12.0. The van der Waals surface area contributed by atoms with Gasteiger partial charge in [0, 0.05) is 25.2 Å². The second kappa shape index (κ2) is 8.52. The number of carbonyl (C=O) groups is 1. The van der Waals surface area contributed by atoms with Crippen molar-refractivity contribution in [3.8, 4) is 5.75 Å². The number of amides is 1. The molecule has 0 aliphatic heterocycles. The van der Waals surface area contributed by atoms with Gasteiger partial charge in [-0.2, -0.15) is 0 Å². The number of sulfonamides is 1. The summed E-state index contributed by atoms with van der Waals surface area (Å²) in [6.07, 6.45) is 1.22. The zero-order chi connectivity index (χ0) is 17.6. The fourth-order valence-electron chi connectivity index (χ4n) is 1.99. The highest BCUT2D eigenvalue weighted by Crippen LogP contribution is 2.27.